The minimum absolute atomic E-state index is 0.0772. The van der Waals surface area contributed by atoms with Crippen LogP contribution in [0.2, 0.25) is 0 Å². The Morgan fingerprint density at radius 1 is 1.15 bits per heavy atom. The second kappa shape index (κ2) is 9.02. The Bertz CT molecular complexity index is 723. The Morgan fingerprint density at radius 3 is 2.31 bits per heavy atom. The van der Waals surface area contributed by atoms with Crippen LogP contribution in [0.4, 0.5) is 5.69 Å². The van der Waals surface area contributed by atoms with Crippen LogP contribution in [0, 0.1) is 0 Å². The lowest BCUT2D eigenvalue weighted by molar-refractivity contribution is -0.122. The van der Waals surface area contributed by atoms with Crippen LogP contribution in [0.25, 0.3) is 0 Å². The SMILES string of the molecule is CCCCC(=O)NC1CCN(C(=O)c2ccc(NS(C)(=O)=O)cc2)CC1. The van der Waals surface area contributed by atoms with E-state index in [1.54, 1.807) is 29.2 Å². The number of unbranched alkanes of at least 4 members (excludes halogenated alkanes) is 1. The molecule has 144 valence electrons. The number of amides is 2. The van der Waals surface area contributed by atoms with E-state index in [1.807, 2.05) is 0 Å². The van der Waals surface area contributed by atoms with Gasteiger partial charge in [-0.15, -0.1) is 0 Å². The number of likely N-dealkylation sites (tertiary alicyclic amines) is 1. The van der Waals surface area contributed by atoms with E-state index in [0.29, 0.717) is 30.8 Å². The molecule has 0 saturated carbocycles. The smallest absolute Gasteiger partial charge is 0.253 e. The van der Waals surface area contributed by atoms with E-state index in [0.717, 1.165) is 31.9 Å². The molecule has 1 aliphatic heterocycles. The van der Waals surface area contributed by atoms with E-state index < -0.39 is 10.0 Å². The van der Waals surface area contributed by atoms with Crippen LogP contribution in [0.5, 0.6) is 0 Å². The molecule has 2 amide bonds. The topological polar surface area (TPSA) is 95.6 Å². The van der Waals surface area contributed by atoms with Crippen LogP contribution in [0.3, 0.4) is 0 Å². The number of hydrogen-bond donors (Lipinski definition) is 2. The quantitative estimate of drug-likeness (QED) is 0.755. The van der Waals surface area contributed by atoms with Crippen LogP contribution in [-0.2, 0) is 14.8 Å². The maximum atomic E-state index is 12.6. The van der Waals surface area contributed by atoms with Gasteiger partial charge in [0.05, 0.1) is 6.26 Å². The van der Waals surface area contributed by atoms with Gasteiger partial charge < -0.3 is 10.2 Å². The first kappa shape index (κ1) is 20.2. The first-order valence-corrected chi connectivity index (χ1v) is 10.8. The van der Waals surface area contributed by atoms with Crippen molar-refractivity contribution in [2.45, 2.75) is 45.1 Å². The fourth-order valence-electron chi connectivity index (χ4n) is 2.94. The van der Waals surface area contributed by atoms with E-state index in [-0.39, 0.29) is 17.9 Å². The molecule has 0 bridgehead atoms. The predicted octanol–water partition coefficient (Wildman–Crippen LogP) is 1.97. The molecule has 1 aromatic carbocycles. The molecule has 0 spiro atoms. The standard InChI is InChI=1S/C18H27N3O4S/c1-3-4-5-17(22)19-15-10-12-21(13-11-15)18(23)14-6-8-16(9-7-14)20-26(2,24)25/h6-9,15,20H,3-5,10-13H2,1-2H3,(H,19,22). The number of benzene rings is 1. The molecule has 1 aromatic rings. The highest BCUT2D eigenvalue weighted by Gasteiger charge is 2.24. The molecule has 1 heterocycles. The van der Waals surface area contributed by atoms with Gasteiger partial charge in [0, 0.05) is 36.8 Å². The maximum Gasteiger partial charge on any atom is 0.253 e. The Balaban J connectivity index is 1.85. The highest BCUT2D eigenvalue weighted by Crippen LogP contribution is 2.17. The number of rotatable bonds is 7. The predicted molar refractivity (Wildman–Crippen MR) is 102 cm³/mol. The summed E-state index contributed by atoms with van der Waals surface area (Å²) in [6, 6.07) is 6.53. The molecule has 7 nitrogen and oxygen atoms in total. The Morgan fingerprint density at radius 2 is 1.77 bits per heavy atom. The number of sulfonamides is 1. The number of anilines is 1. The van der Waals surface area contributed by atoms with E-state index in [2.05, 4.69) is 17.0 Å². The van der Waals surface area contributed by atoms with E-state index >= 15 is 0 Å². The van der Waals surface area contributed by atoms with Crippen LogP contribution in [-0.4, -0.2) is 50.5 Å². The highest BCUT2D eigenvalue weighted by atomic mass is 32.2. The average molecular weight is 381 g/mol. The molecule has 26 heavy (non-hydrogen) atoms. The summed E-state index contributed by atoms with van der Waals surface area (Å²) in [7, 11) is -3.33. The maximum absolute atomic E-state index is 12.6. The number of hydrogen-bond acceptors (Lipinski definition) is 4. The van der Waals surface area contributed by atoms with Crippen LogP contribution >= 0.6 is 0 Å². The Kier molecular flexibility index (Phi) is 7.02. The lowest BCUT2D eigenvalue weighted by Crippen LogP contribution is -2.46. The van der Waals surface area contributed by atoms with Crippen molar-refractivity contribution in [1.29, 1.82) is 0 Å². The van der Waals surface area contributed by atoms with Crippen molar-refractivity contribution in [3.63, 3.8) is 0 Å². The van der Waals surface area contributed by atoms with Gasteiger partial charge >= 0.3 is 0 Å². The first-order valence-electron chi connectivity index (χ1n) is 8.95. The van der Waals surface area contributed by atoms with E-state index in [4.69, 9.17) is 0 Å². The third kappa shape index (κ3) is 6.33. The molecule has 0 unspecified atom stereocenters. The molecule has 0 aromatic heterocycles. The molecule has 1 aliphatic rings. The molecule has 8 heteroatoms. The van der Waals surface area contributed by atoms with Crippen LogP contribution in [0.15, 0.2) is 24.3 Å². The van der Waals surface area contributed by atoms with Gasteiger partial charge in [-0.3, -0.25) is 14.3 Å². The average Bonchev–Trinajstić information content (AvgIpc) is 2.59. The summed E-state index contributed by atoms with van der Waals surface area (Å²) >= 11 is 0. The summed E-state index contributed by atoms with van der Waals surface area (Å²) in [4.78, 5) is 26.1. The minimum atomic E-state index is -3.33. The van der Waals surface area contributed by atoms with Gasteiger partial charge in [0.25, 0.3) is 5.91 Å². The molecular formula is C18H27N3O4S. The van der Waals surface area contributed by atoms with Gasteiger partial charge in [-0.2, -0.15) is 0 Å². The van der Waals surface area contributed by atoms with Crippen molar-refractivity contribution in [3.05, 3.63) is 29.8 Å². The lowest BCUT2D eigenvalue weighted by atomic mass is 10.0. The van der Waals surface area contributed by atoms with Crippen molar-refractivity contribution >= 4 is 27.5 Å². The summed E-state index contributed by atoms with van der Waals surface area (Å²) in [5.74, 6) is 0.0113. The first-order chi connectivity index (χ1) is 12.3. The van der Waals surface area contributed by atoms with Crippen molar-refractivity contribution in [2.75, 3.05) is 24.1 Å². The third-order valence-corrected chi connectivity index (χ3v) is 4.95. The fraction of sp³-hybridized carbons (Fsp3) is 0.556. The van der Waals surface area contributed by atoms with Gasteiger partial charge in [-0.25, -0.2) is 8.42 Å². The minimum Gasteiger partial charge on any atom is -0.353 e. The van der Waals surface area contributed by atoms with E-state index in [1.165, 1.54) is 0 Å². The summed E-state index contributed by atoms with van der Waals surface area (Å²) in [5, 5.41) is 3.04. The highest BCUT2D eigenvalue weighted by molar-refractivity contribution is 7.92. The summed E-state index contributed by atoms with van der Waals surface area (Å²) in [6.07, 6.45) is 5.03. The number of carbonyl (C=O) groups is 2. The largest absolute Gasteiger partial charge is 0.353 e. The molecule has 1 saturated heterocycles. The summed E-state index contributed by atoms with van der Waals surface area (Å²) in [6.45, 7) is 3.25. The molecule has 2 rings (SSSR count). The number of carbonyl (C=O) groups excluding carboxylic acids is 2. The van der Waals surface area contributed by atoms with Crippen LogP contribution < -0.4 is 10.0 Å². The third-order valence-electron chi connectivity index (χ3n) is 4.34. The summed E-state index contributed by atoms with van der Waals surface area (Å²) in [5.41, 5.74) is 0.951. The molecule has 0 radical (unpaired) electrons. The van der Waals surface area contributed by atoms with Crippen molar-refractivity contribution in [1.82, 2.24) is 10.2 Å². The second-order valence-corrected chi connectivity index (χ2v) is 8.44. The van der Waals surface area contributed by atoms with Gasteiger partial charge in [-0.05, 0) is 43.5 Å². The zero-order valence-corrected chi connectivity index (χ0v) is 16.1. The second-order valence-electron chi connectivity index (χ2n) is 6.69. The van der Waals surface area contributed by atoms with Gasteiger partial charge in [-0.1, -0.05) is 13.3 Å². The monoisotopic (exact) mass is 381 g/mol. The molecule has 2 N–H and O–H groups in total. The molecule has 1 fully saturated rings. The number of nitrogens with zero attached hydrogens (tertiary/aromatic N) is 1. The summed E-state index contributed by atoms with van der Waals surface area (Å²) < 4.78 is 24.8. The van der Waals surface area contributed by atoms with Crippen molar-refractivity contribution in [2.24, 2.45) is 0 Å². The zero-order chi connectivity index (χ0) is 19.2. The number of nitrogens with one attached hydrogen (secondary N) is 2. The van der Waals surface area contributed by atoms with Gasteiger partial charge in [0.2, 0.25) is 15.9 Å². The van der Waals surface area contributed by atoms with Gasteiger partial charge in [0.15, 0.2) is 0 Å². The van der Waals surface area contributed by atoms with E-state index in [9.17, 15) is 18.0 Å². The van der Waals surface area contributed by atoms with Crippen LogP contribution in [0.1, 0.15) is 49.4 Å². The zero-order valence-electron chi connectivity index (χ0n) is 15.3. The van der Waals surface area contributed by atoms with Gasteiger partial charge in [0.1, 0.15) is 0 Å². The normalized spacial score (nSPS) is 15.5. The van der Waals surface area contributed by atoms with Crippen molar-refractivity contribution < 1.29 is 18.0 Å². The molecule has 0 atom stereocenters. The Labute approximate surface area is 155 Å². The lowest BCUT2D eigenvalue weighted by Gasteiger charge is -2.32. The molecule has 0 aliphatic carbocycles. The Hall–Kier alpha value is -2.09. The molecular weight excluding hydrogens is 354 g/mol. The number of piperidine rings is 1. The van der Waals surface area contributed by atoms with Crippen molar-refractivity contribution in [3.8, 4) is 0 Å². The fourth-order valence-corrected chi connectivity index (χ4v) is 3.51.